The molecule has 0 radical (unpaired) electrons. The van der Waals surface area contributed by atoms with Crippen LogP contribution in [0.2, 0.25) is 0 Å². The summed E-state index contributed by atoms with van der Waals surface area (Å²) in [6.07, 6.45) is 5.79. The average Bonchev–Trinajstić information content (AvgIpc) is 2.93. The van der Waals surface area contributed by atoms with Gasteiger partial charge in [0.1, 0.15) is 11.5 Å². The molecule has 0 amide bonds. The molecule has 2 aromatic heterocycles. The number of aromatic nitrogens is 2. The summed E-state index contributed by atoms with van der Waals surface area (Å²) in [5.74, 6) is 0.713. The van der Waals surface area contributed by atoms with Gasteiger partial charge >= 0.3 is 0 Å². The van der Waals surface area contributed by atoms with Gasteiger partial charge in [-0.2, -0.15) is 0 Å². The minimum atomic E-state index is -0.110. The van der Waals surface area contributed by atoms with Crippen molar-refractivity contribution in [1.29, 1.82) is 0 Å². The van der Waals surface area contributed by atoms with Crippen molar-refractivity contribution in [2.75, 3.05) is 24.5 Å². The van der Waals surface area contributed by atoms with Crippen LogP contribution in [-0.4, -0.2) is 35.4 Å². The molecule has 5 nitrogen and oxygen atoms in total. The normalized spacial score (nSPS) is 15.9. The molecule has 5 heteroatoms. The van der Waals surface area contributed by atoms with Crippen molar-refractivity contribution in [3.05, 3.63) is 125 Å². The smallest absolute Gasteiger partial charge is 0.213 e. The molecule has 0 bridgehead atoms. The third-order valence-electron chi connectivity index (χ3n) is 6.29. The van der Waals surface area contributed by atoms with Crippen LogP contribution in [0.4, 0.5) is 5.82 Å². The van der Waals surface area contributed by atoms with Gasteiger partial charge in [0.25, 0.3) is 0 Å². The summed E-state index contributed by atoms with van der Waals surface area (Å²) >= 11 is 0. The number of anilines is 1. The number of piperazine rings is 1. The fraction of sp³-hybridized carbons (Fsp3) is 0.167. The first-order valence-electron chi connectivity index (χ1n) is 11.9. The lowest BCUT2D eigenvalue weighted by Gasteiger charge is -2.35. The van der Waals surface area contributed by atoms with E-state index in [0.717, 1.165) is 36.6 Å². The molecule has 1 atom stereocenters. The minimum absolute atomic E-state index is 0. The number of rotatable bonds is 6. The standard InChI is InChI=1S/C30H28N4O.3H2/c1-22-26(19-24(20-32-22)16-15-23-9-4-2-5-10-23)30(35)27-13-8-14-29(33-27)34-18-17-31-28(21-34)25-11-6-3-7-12-25;;;/h2-16,19-20,28,31H,17-18,21H2,1H3;3*1H/b16-15+;;;. The Morgan fingerprint density at radius 2 is 1.71 bits per heavy atom. The highest BCUT2D eigenvalue weighted by Crippen LogP contribution is 2.22. The lowest BCUT2D eigenvalue weighted by Crippen LogP contribution is -2.46. The Morgan fingerprint density at radius 1 is 0.971 bits per heavy atom. The maximum Gasteiger partial charge on any atom is 0.213 e. The molecule has 5 rings (SSSR count). The van der Waals surface area contributed by atoms with E-state index < -0.39 is 0 Å². The molecule has 0 aliphatic carbocycles. The van der Waals surface area contributed by atoms with Crippen LogP contribution in [0, 0.1) is 6.92 Å². The number of aryl methyl sites for hydroxylation is 1. The number of hydrogen-bond acceptors (Lipinski definition) is 5. The molecule has 180 valence electrons. The Kier molecular flexibility index (Phi) is 6.77. The van der Waals surface area contributed by atoms with Gasteiger partial charge in [0, 0.05) is 47.4 Å². The van der Waals surface area contributed by atoms with E-state index in [2.05, 4.69) is 39.5 Å². The van der Waals surface area contributed by atoms with E-state index in [-0.39, 0.29) is 16.1 Å². The van der Waals surface area contributed by atoms with Crippen molar-refractivity contribution in [2.24, 2.45) is 0 Å². The molecule has 0 saturated carbocycles. The maximum absolute atomic E-state index is 13.5. The van der Waals surface area contributed by atoms with Crippen molar-refractivity contribution in [3.8, 4) is 0 Å². The number of nitrogens with one attached hydrogen (secondary N) is 1. The quantitative estimate of drug-likeness (QED) is 0.349. The van der Waals surface area contributed by atoms with E-state index in [1.807, 2.05) is 73.7 Å². The molecule has 2 aromatic carbocycles. The predicted molar refractivity (Wildman–Crippen MR) is 148 cm³/mol. The first kappa shape index (κ1) is 22.7. The number of hydrogen-bond donors (Lipinski definition) is 1. The number of pyridine rings is 2. The van der Waals surface area contributed by atoms with Gasteiger partial charge < -0.3 is 10.2 Å². The predicted octanol–water partition coefficient (Wildman–Crippen LogP) is 6.08. The topological polar surface area (TPSA) is 58.1 Å². The van der Waals surface area contributed by atoms with Crippen LogP contribution in [0.5, 0.6) is 0 Å². The summed E-state index contributed by atoms with van der Waals surface area (Å²) in [6.45, 7) is 4.37. The molecule has 35 heavy (non-hydrogen) atoms. The molecule has 0 spiro atoms. The van der Waals surface area contributed by atoms with Gasteiger partial charge in [-0.25, -0.2) is 4.98 Å². The summed E-state index contributed by atoms with van der Waals surface area (Å²) in [5.41, 5.74) is 4.95. The summed E-state index contributed by atoms with van der Waals surface area (Å²) in [6, 6.07) is 28.3. The number of benzene rings is 2. The van der Waals surface area contributed by atoms with Crippen molar-refractivity contribution in [1.82, 2.24) is 15.3 Å². The fourth-order valence-electron chi connectivity index (χ4n) is 4.36. The van der Waals surface area contributed by atoms with E-state index in [4.69, 9.17) is 4.98 Å². The number of ketones is 1. The minimum Gasteiger partial charge on any atom is -0.353 e. The van der Waals surface area contributed by atoms with Gasteiger partial charge in [0.2, 0.25) is 5.78 Å². The molecule has 1 unspecified atom stereocenters. The molecule has 1 fully saturated rings. The Hall–Kier alpha value is -4.09. The van der Waals surface area contributed by atoms with E-state index in [0.29, 0.717) is 17.0 Å². The molecule has 1 N–H and O–H groups in total. The molecule has 3 heterocycles. The second-order valence-corrected chi connectivity index (χ2v) is 8.72. The van der Waals surface area contributed by atoms with Crippen LogP contribution >= 0.6 is 0 Å². The largest absolute Gasteiger partial charge is 0.353 e. The zero-order valence-corrected chi connectivity index (χ0v) is 19.8. The average molecular weight is 467 g/mol. The Labute approximate surface area is 210 Å². The Morgan fingerprint density at radius 3 is 2.51 bits per heavy atom. The highest BCUT2D eigenvalue weighted by atomic mass is 16.1. The molecule has 1 saturated heterocycles. The lowest BCUT2D eigenvalue weighted by molar-refractivity contribution is 0.103. The highest BCUT2D eigenvalue weighted by molar-refractivity contribution is 6.08. The lowest BCUT2D eigenvalue weighted by atomic mass is 10.0. The second-order valence-electron chi connectivity index (χ2n) is 8.72. The SMILES string of the molecule is Cc1ncc(/C=C/c2ccccc2)cc1C(=O)c1cccc(N2CCNC(c3ccccc3)C2)n1.[HH].[HH].[HH]. The van der Waals surface area contributed by atoms with Gasteiger partial charge in [-0.15, -0.1) is 0 Å². The van der Waals surface area contributed by atoms with Gasteiger partial charge in [-0.3, -0.25) is 9.78 Å². The van der Waals surface area contributed by atoms with Gasteiger partial charge in [0.05, 0.1) is 0 Å². The number of carbonyl (C=O) groups is 1. The molecule has 1 aliphatic heterocycles. The zero-order chi connectivity index (χ0) is 24.0. The van der Waals surface area contributed by atoms with Crippen LogP contribution < -0.4 is 10.2 Å². The summed E-state index contributed by atoms with van der Waals surface area (Å²) in [5, 5.41) is 3.58. The first-order chi connectivity index (χ1) is 17.2. The van der Waals surface area contributed by atoms with Crippen molar-refractivity contribution in [2.45, 2.75) is 13.0 Å². The first-order valence-corrected chi connectivity index (χ1v) is 11.9. The zero-order valence-electron chi connectivity index (χ0n) is 19.8. The van der Waals surface area contributed by atoms with Crippen LogP contribution in [-0.2, 0) is 0 Å². The van der Waals surface area contributed by atoms with E-state index >= 15 is 0 Å². The van der Waals surface area contributed by atoms with Crippen molar-refractivity contribution in [3.63, 3.8) is 0 Å². The van der Waals surface area contributed by atoms with Crippen LogP contribution in [0.25, 0.3) is 12.2 Å². The molecule has 1 aliphatic rings. The third kappa shape index (κ3) is 5.36. The number of carbonyl (C=O) groups excluding carboxylic acids is 1. The van der Waals surface area contributed by atoms with Crippen molar-refractivity contribution < 1.29 is 9.07 Å². The Bertz CT molecular complexity index is 1350. The van der Waals surface area contributed by atoms with Gasteiger partial charge in [-0.1, -0.05) is 78.9 Å². The van der Waals surface area contributed by atoms with E-state index in [9.17, 15) is 4.79 Å². The van der Waals surface area contributed by atoms with E-state index in [1.54, 1.807) is 12.3 Å². The van der Waals surface area contributed by atoms with Gasteiger partial charge in [-0.05, 0) is 41.8 Å². The monoisotopic (exact) mass is 466 g/mol. The molecule has 4 aromatic rings. The third-order valence-corrected chi connectivity index (χ3v) is 6.29. The fourth-order valence-corrected chi connectivity index (χ4v) is 4.36. The Balaban J connectivity index is 0.00000169. The van der Waals surface area contributed by atoms with Crippen LogP contribution in [0.1, 0.15) is 48.8 Å². The highest BCUT2D eigenvalue weighted by Gasteiger charge is 2.23. The molecular formula is C30H34N4O. The second kappa shape index (κ2) is 10.5. The van der Waals surface area contributed by atoms with Crippen molar-refractivity contribution >= 4 is 23.8 Å². The van der Waals surface area contributed by atoms with Crippen LogP contribution in [0.3, 0.4) is 0 Å². The maximum atomic E-state index is 13.5. The van der Waals surface area contributed by atoms with E-state index in [1.165, 1.54) is 5.56 Å². The molecular weight excluding hydrogens is 432 g/mol. The van der Waals surface area contributed by atoms with Crippen LogP contribution in [0.15, 0.2) is 91.1 Å². The summed E-state index contributed by atoms with van der Waals surface area (Å²) in [7, 11) is 0. The number of nitrogens with zero attached hydrogens (tertiary/aromatic N) is 3. The van der Waals surface area contributed by atoms with Gasteiger partial charge in [0.15, 0.2) is 0 Å². The summed E-state index contributed by atoms with van der Waals surface area (Å²) < 4.78 is 0. The summed E-state index contributed by atoms with van der Waals surface area (Å²) in [4.78, 5) is 24.9.